The molecule has 38 heavy (non-hydrogen) atoms. The number of halogens is 1. The van der Waals surface area contributed by atoms with Crippen molar-refractivity contribution in [2.24, 2.45) is 0 Å². The van der Waals surface area contributed by atoms with Crippen LogP contribution in [0, 0.1) is 15.9 Å². The smallest absolute Gasteiger partial charge is 0.414 e. The molecule has 5 rings (SSSR count). The van der Waals surface area contributed by atoms with Crippen LogP contribution in [0.2, 0.25) is 0 Å². The Morgan fingerprint density at radius 2 is 1.95 bits per heavy atom. The molecule has 1 unspecified atom stereocenters. The summed E-state index contributed by atoms with van der Waals surface area (Å²) < 4.78 is 20.3. The average Bonchev–Trinajstić information content (AvgIpc) is 3.50. The third kappa shape index (κ3) is 4.82. The van der Waals surface area contributed by atoms with E-state index in [2.05, 4.69) is 10.3 Å². The van der Waals surface area contributed by atoms with Crippen LogP contribution in [-0.2, 0) is 9.53 Å². The number of rotatable bonds is 6. The number of nitrogens with zero attached hydrogens (tertiary/aromatic N) is 4. The number of hydrogen-bond donors (Lipinski definition) is 2. The molecule has 0 spiro atoms. The molecule has 0 radical (unpaired) electrons. The lowest BCUT2D eigenvalue weighted by Crippen LogP contribution is -2.49. The zero-order chi connectivity index (χ0) is 27.0. The number of carbonyl (C=O) groups excluding carboxylic acids is 3. The first-order chi connectivity index (χ1) is 18.2. The summed E-state index contributed by atoms with van der Waals surface area (Å²) in [4.78, 5) is 54.9. The third-order valence-electron chi connectivity index (χ3n) is 6.71. The first kappa shape index (κ1) is 25.0. The van der Waals surface area contributed by atoms with E-state index in [9.17, 15) is 24.5 Å². The summed E-state index contributed by atoms with van der Waals surface area (Å²) in [5, 5.41) is 14.2. The van der Waals surface area contributed by atoms with Gasteiger partial charge in [-0.1, -0.05) is 0 Å². The minimum Gasteiger partial charge on any atom is -0.442 e. The summed E-state index contributed by atoms with van der Waals surface area (Å²) >= 11 is 0. The molecule has 12 nitrogen and oxygen atoms in total. The molecule has 2 fully saturated rings. The lowest BCUT2D eigenvalue weighted by Gasteiger charge is -2.36. The largest absolute Gasteiger partial charge is 0.442 e. The highest BCUT2D eigenvalue weighted by Crippen LogP contribution is 2.29. The number of aromatic amines is 1. The molecule has 0 bridgehead atoms. The topological polar surface area (TPSA) is 141 Å². The number of amides is 3. The van der Waals surface area contributed by atoms with Crippen LogP contribution in [-0.4, -0.2) is 78.1 Å². The maximum absolute atomic E-state index is 15.1. The number of hydrogen-bond acceptors (Lipinski definition) is 7. The first-order valence-electron chi connectivity index (χ1n) is 12.0. The van der Waals surface area contributed by atoms with Gasteiger partial charge < -0.3 is 24.8 Å². The molecule has 0 aliphatic carbocycles. The van der Waals surface area contributed by atoms with E-state index in [4.69, 9.17) is 4.74 Å². The summed E-state index contributed by atoms with van der Waals surface area (Å²) in [6.45, 7) is 3.18. The fourth-order valence-corrected chi connectivity index (χ4v) is 4.74. The van der Waals surface area contributed by atoms with Crippen LogP contribution in [0.5, 0.6) is 0 Å². The molecule has 1 aromatic heterocycles. The number of H-pyrrole nitrogens is 1. The van der Waals surface area contributed by atoms with Crippen molar-refractivity contribution in [2.45, 2.75) is 13.0 Å². The van der Waals surface area contributed by atoms with Crippen LogP contribution in [0.1, 0.15) is 17.3 Å². The normalized spacial score (nSPS) is 17.6. The molecule has 2 N–H and O–H groups in total. The quantitative estimate of drug-likeness (QED) is 0.373. The number of nitro groups is 1. The summed E-state index contributed by atoms with van der Waals surface area (Å²) in [6.07, 6.45) is 0.413. The zero-order valence-corrected chi connectivity index (χ0v) is 20.5. The number of piperazine rings is 1. The number of aromatic nitrogens is 1. The van der Waals surface area contributed by atoms with E-state index in [1.54, 1.807) is 29.3 Å². The van der Waals surface area contributed by atoms with Crippen molar-refractivity contribution in [1.29, 1.82) is 0 Å². The maximum Gasteiger partial charge on any atom is 0.414 e. The minimum absolute atomic E-state index is 0.0969. The van der Waals surface area contributed by atoms with E-state index >= 15 is 4.39 Å². The van der Waals surface area contributed by atoms with Crippen LogP contribution in [0.4, 0.5) is 26.2 Å². The van der Waals surface area contributed by atoms with Crippen molar-refractivity contribution >= 4 is 45.9 Å². The van der Waals surface area contributed by atoms with Gasteiger partial charge in [-0.2, -0.15) is 0 Å². The molecule has 2 aromatic carbocycles. The van der Waals surface area contributed by atoms with Gasteiger partial charge in [-0.05, 0) is 24.3 Å². The second kappa shape index (κ2) is 10.00. The van der Waals surface area contributed by atoms with Gasteiger partial charge >= 0.3 is 6.09 Å². The molecular weight excluding hydrogens is 499 g/mol. The number of non-ortho nitro benzene ring substituents is 1. The predicted molar refractivity (Wildman–Crippen MR) is 136 cm³/mol. The van der Waals surface area contributed by atoms with Crippen molar-refractivity contribution in [1.82, 2.24) is 15.2 Å². The number of benzene rings is 2. The van der Waals surface area contributed by atoms with Gasteiger partial charge in [-0.25, -0.2) is 9.18 Å². The van der Waals surface area contributed by atoms with Crippen molar-refractivity contribution in [3.8, 4) is 0 Å². The lowest BCUT2D eigenvalue weighted by atomic mass is 10.1. The zero-order valence-electron chi connectivity index (χ0n) is 20.5. The average molecular weight is 525 g/mol. The second-order valence-electron chi connectivity index (χ2n) is 9.16. The summed E-state index contributed by atoms with van der Waals surface area (Å²) in [5.41, 5.74) is 1.58. The van der Waals surface area contributed by atoms with E-state index in [1.807, 2.05) is 4.90 Å². The number of nitrogens with one attached hydrogen (secondary N) is 2. The van der Waals surface area contributed by atoms with Gasteiger partial charge in [-0.15, -0.1) is 0 Å². The molecule has 3 amide bonds. The number of fused-ring (bicyclic) bond motifs is 1. The standard InChI is InChI=1S/C25H25FN6O6/c1-15(33)27-12-18-14-31(25(35)38-18)16-3-5-23(21(26)11-16)29-6-8-30(9-7-29)24(34)20-13-28-22-4-2-17(32(36)37)10-19(20)22/h2-5,10-11,13,18,28H,6-9,12,14H2,1H3,(H,27,33). The predicted octanol–water partition coefficient (Wildman–Crippen LogP) is 2.64. The summed E-state index contributed by atoms with van der Waals surface area (Å²) in [7, 11) is 0. The molecule has 2 aliphatic rings. The van der Waals surface area contributed by atoms with Gasteiger partial charge in [-0.3, -0.25) is 24.6 Å². The Kier molecular flexibility index (Phi) is 6.57. The highest BCUT2D eigenvalue weighted by Gasteiger charge is 2.33. The van der Waals surface area contributed by atoms with E-state index in [0.29, 0.717) is 54.0 Å². The number of anilines is 2. The van der Waals surface area contributed by atoms with E-state index in [0.717, 1.165) is 0 Å². The Balaban J connectivity index is 1.23. The number of cyclic esters (lactones) is 1. The van der Waals surface area contributed by atoms with Crippen LogP contribution in [0.15, 0.2) is 42.6 Å². The van der Waals surface area contributed by atoms with Crippen LogP contribution in [0.25, 0.3) is 10.9 Å². The molecule has 198 valence electrons. The Labute approximate surface area is 216 Å². The van der Waals surface area contributed by atoms with Crippen LogP contribution >= 0.6 is 0 Å². The van der Waals surface area contributed by atoms with Gasteiger partial charge in [0.1, 0.15) is 11.9 Å². The van der Waals surface area contributed by atoms with Gasteiger partial charge in [0, 0.05) is 62.3 Å². The molecule has 0 saturated carbocycles. The Bertz CT molecular complexity index is 1430. The van der Waals surface area contributed by atoms with Gasteiger partial charge in [0.05, 0.1) is 35.0 Å². The fraction of sp³-hybridized carbons (Fsp3) is 0.320. The molecular formula is C25H25FN6O6. The highest BCUT2D eigenvalue weighted by atomic mass is 19.1. The maximum atomic E-state index is 15.1. The summed E-state index contributed by atoms with van der Waals surface area (Å²) in [5.74, 6) is -1.000. The van der Waals surface area contributed by atoms with Crippen molar-refractivity contribution in [3.63, 3.8) is 0 Å². The number of carbonyl (C=O) groups is 3. The van der Waals surface area contributed by atoms with E-state index in [-0.39, 0.29) is 30.6 Å². The van der Waals surface area contributed by atoms with Crippen molar-refractivity contribution in [2.75, 3.05) is 49.1 Å². The summed E-state index contributed by atoms with van der Waals surface area (Å²) in [6, 6.07) is 8.83. The molecule has 1 atom stereocenters. The Hall–Kier alpha value is -4.68. The van der Waals surface area contributed by atoms with Crippen LogP contribution < -0.4 is 15.1 Å². The monoisotopic (exact) mass is 524 g/mol. The van der Waals surface area contributed by atoms with E-state index < -0.39 is 22.9 Å². The Morgan fingerprint density at radius 3 is 2.63 bits per heavy atom. The first-order valence-corrected chi connectivity index (χ1v) is 12.0. The van der Waals surface area contributed by atoms with E-state index in [1.165, 1.54) is 30.0 Å². The fourth-order valence-electron chi connectivity index (χ4n) is 4.74. The minimum atomic E-state index is -0.609. The Morgan fingerprint density at radius 1 is 1.18 bits per heavy atom. The second-order valence-corrected chi connectivity index (χ2v) is 9.16. The SMILES string of the molecule is CC(=O)NCC1CN(c2ccc(N3CCN(C(=O)c4c[nH]c5ccc([N+](=O)[O-])cc45)CC3)c(F)c2)C(=O)O1. The number of nitro benzene ring substituents is 1. The molecule has 2 saturated heterocycles. The van der Waals surface area contributed by atoms with Crippen molar-refractivity contribution < 1.29 is 28.4 Å². The highest BCUT2D eigenvalue weighted by molar-refractivity contribution is 6.07. The van der Waals surface area contributed by atoms with Crippen molar-refractivity contribution in [3.05, 3.63) is 64.1 Å². The van der Waals surface area contributed by atoms with Gasteiger partial charge in [0.2, 0.25) is 5.91 Å². The molecule has 13 heteroatoms. The molecule has 3 heterocycles. The number of ether oxygens (including phenoxy) is 1. The van der Waals surface area contributed by atoms with Gasteiger partial charge in [0.15, 0.2) is 0 Å². The lowest BCUT2D eigenvalue weighted by molar-refractivity contribution is -0.384. The molecule has 3 aromatic rings. The molecule has 2 aliphatic heterocycles. The van der Waals surface area contributed by atoms with Gasteiger partial charge in [0.25, 0.3) is 11.6 Å². The third-order valence-corrected chi connectivity index (χ3v) is 6.71. The van der Waals surface area contributed by atoms with Crippen LogP contribution in [0.3, 0.4) is 0 Å².